The fourth-order valence-electron chi connectivity index (χ4n) is 3.97. The number of methoxy groups -OCH3 is 2. The number of nitrogens with one attached hydrogen (secondary N) is 1. The molecule has 0 bridgehead atoms. The molecule has 1 aliphatic carbocycles. The number of aryl methyl sites for hydroxylation is 1. The maximum Gasteiger partial charge on any atom is 0.341 e. The lowest BCUT2D eigenvalue weighted by Crippen LogP contribution is -2.22. The number of benzene rings is 2. The summed E-state index contributed by atoms with van der Waals surface area (Å²) in [5.74, 6) is -1.48. The van der Waals surface area contributed by atoms with E-state index in [-0.39, 0.29) is 12.2 Å². The van der Waals surface area contributed by atoms with E-state index < -0.39 is 23.8 Å². The van der Waals surface area contributed by atoms with Crippen LogP contribution in [-0.4, -0.2) is 38.7 Å². The highest BCUT2D eigenvalue weighted by Crippen LogP contribution is 2.46. The first kappa shape index (κ1) is 24.0. The molecule has 176 valence electrons. The highest BCUT2D eigenvalue weighted by atomic mass is 79.9. The van der Waals surface area contributed by atoms with Gasteiger partial charge in [0, 0.05) is 4.88 Å². The van der Waals surface area contributed by atoms with E-state index in [1.807, 2.05) is 42.5 Å². The second-order valence-electron chi connectivity index (χ2n) is 7.60. The molecule has 4 rings (SSSR count). The van der Waals surface area contributed by atoms with Crippen molar-refractivity contribution in [2.75, 3.05) is 26.1 Å². The Morgan fingerprint density at radius 3 is 2.50 bits per heavy atom. The van der Waals surface area contributed by atoms with Gasteiger partial charge in [-0.1, -0.05) is 36.4 Å². The summed E-state index contributed by atoms with van der Waals surface area (Å²) in [6.45, 7) is -0.257. The second kappa shape index (κ2) is 10.4. The minimum absolute atomic E-state index is 0.206. The first-order valence-corrected chi connectivity index (χ1v) is 12.1. The average Bonchev–Trinajstić information content (AvgIpc) is 3.41. The van der Waals surface area contributed by atoms with Crippen LogP contribution in [0.5, 0.6) is 5.75 Å². The van der Waals surface area contributed by atoms with Crippen LogP contribution >= 0.6 is 27.3 Å². The summed E-state index contributed by atoms with van der Waals surface area (Å²) in [6, 6.07) is 15.5. The van der Waals surface area contributed by atoms with Gasteiger partial charge in [0.1, 0.15) is 10.8 Å². The zero-order valence-electron chi connectivity index (χ0n) is 18.6. The number of thiophene rings is 1. The number of esters is 2. The number of ether oxygens (including phenoxy) is 3. The maximum atomic E-state index is 12.7. The topological polar surface area (TPSA) is 90.9 Å². The van der Waals surface area contributed by atoms with Crippen LogP contribution in [0.4, 0.5) is 5.00 Å². The van der Waals surface area contributed by atoms with Crippen LogP contribution in [0.15, 0.2) is 53.0 Å². The van der Waals surface area contributed by atoms with Gasteiger partial charge in [0.05, 0.1) is 30.2 Å². The Hall–Kier alpha value is -3.17. The van der Waals surface area contributed by atoms with Crippen LogP contribution in [-0.2, 0) is 25.5 Å². The summed E-state index contributed by atoms with van der Waals surface area (Å²) in [7, 11) is 2.58. The molecule has 0 spiro atoms. The molecule has 1 atom stereocenters. The van der Waals surface area contributed by atoms with E-state index in [0.717, 1.165) is 16.0 Å². The molecule has 1 unspecified atom stereocenters. The normalized spacial score (nSPS) is 14.3. The summed E-state index contributed by atoms with van der Waals surface area (Å²) < 4.78 is 16.2. The smallest absolute Gasteiger partial charge is 0.341 e. The largest absolute Gasteiger partial charge is 0.483 e. The molecule has 1 amide bonds. The summed E-state index contributed by atoms with van der Waals surface area (Å²) in [5.41, 5.74) is 2.87. The average molecular weight is 544 g/mol. The van der Waals surface area contributed by atoms with Crippen molar-refractivity contribution in [3.8, 4) is 16.9 Å². The standard InChI is InChI=1S/C25H22BrNO6S/c1-31-24(29)16-9-11-19-21(16)22(25(30)32-2)23(34-19)27-20(28)13-33-18-10-8-15(12-17(18)26)14-6-4-3-5-7-14/h3-8,10,12,16H,9,11,13H2,1-2H3,(H,27,28). The highest BCUT2D eigenvalue weighted by molar-refractivity contribution is 9.10. The molecular formula is C25H22BrNO6S. The minimum Gasteiger partial charge on any atom is -0.483 e. The first-order valence-electron chi connectivity index (χ1n) is 10.5. The predicted molar refractivity (Wildman–Crippen MR) is 132 cm³/mol. The number of rotatable bonds is 7. The molecule has 34 heavy (non-hydrogen) atoms. The van der Waals surface area contributed by atoms with Gasteiger partial charge in [-0.2, -0.15) is 0 Å². The van der Waals surface area contributed by atoms with Crippen LogP contribution in [0.1, 0.15) is 33.1 Å². The fourth-order valence-corrected chi connectivity index (χ4v) is 5.74. The van der Waals surface area contributed by atoms with E-state index in [1.54, 1.807) is 6.07 Å². The lowest BCUT2D eigenvalue weighted by molar-refractivity contribution is -0.142. The van der Waals surface area contributed by atoms with Crippen LogP contribution < -0.4 is 10.1 Å². The Balaban J connectivity index is 1.48. The molecule has 0 radical (unpaired) electrons. The van der Waals surface area contributed by atoms with Crippen molar-refractivity contribution in [3.63, 3.8) is 0 Å². The number of amides is 1. The van der Waals surface area contributed by atoms with Gasteiger partial charge in [0.15, 0.2) is 6.61 Å². The van der Waals surface area contributed by atoms with Gasteiger partial charge in [0.25, 0.3) is 5.91 Å². The third-order valence-corrected chi connectivity index (χ3v) is 7.36. The van der Waals surface area contributed by atoms with Gasteiger partial charge >= 0.3 is 11.9 Å². The number of hydrogen-bond acceptors (Lipinski definition) is 7. The van der Waals surface area contributed by atoms with Gasteiger partial charge in [-0.3, -0.25) is 9.59 Å². The molecule has 1 aromatic heterocycles. The van der Waals surface area contributed by atoms with Gasteiger partial charge in [-0.05, 0) is 57.6 Å². The van der Waals surface area contributed by atoms with Crippen LogP contribution in [0.2, 0.25) is 0 Å². The zero-order chi connectivity index (χ0) is 24.2. The summed E-state index contributed by atoms with van der Waals surface area (Å²) in [6.07, 6.45) is 1.18. The first-order chi connectivity index (χ1) is 16.4. The Morgan fingerprint density at radius 2 is 1.82 bits per heavy atom. The molecule has 3 aromatic rings. The van der Waals surface area contributed by atoms with Crippen molar-refractivity contribution < 1.29 is 28.6 Å². The van der Waals surface area contributed by atoms with Crippen LogP contribution in [0.25, 0.3) is 11.1 Å². The molecule has 0 saturated carbocycles. The molecule has 0 fully saturated rings. The Bertz CT molecular complexity index is 1240. The third kappa shape index (κ3) is 4.85. The number of carbonyl (C=O) groups excluding carboxylic acids is 3. The van der Waals surface area contributed by atoms with E-state index in [9.17, 15) is 14.4 Å². The van der Waals surface area contributed by atoms with E-state index in [1.165, 1.54) is 25.6 Å². The Kier molecular flexibility index (Phi) is 7.33. The summed E-state index contributed by atoms with van der Waals surface area (Å²) >= 11 is 4.77. The van der Waals surface area contributed by atoms with Crippen molar-refractivity contribution >= 4 is 50.1 Å². The lowest BCUT2D eigenvalue weighted by atomic mass is 9.99. The second-order valence-corrected chi connectivity index (χ2v) is 9.56. The molecular weight excluding hydrogens is 522 g/mol. The monoisotopic (exact) mass is 543 g/mol. The highest BCUT2D eigenvalue weighted by Gasteiger charge is 2.38. The van der Waals surface area contributed by atoms with Gasteiger partial charge in [0.2, 0.25) is 0 Å². The van der Waals surface area contributed by atoms with E-state index in [4.69, 9.17) is 14.2 Å². The van der Waals surface area contributed by atoms with E-state index in [2.05, 4.69) is 21.2 Å². The molecule has 0 aliphatic heterocycles. The third-order valence-electron chi connectivity index (χ3n) is 5.56. The van der Waals surface area contributed by atoms with Crippen LogP contribution in [0, 0.1) is 0 Å². The predicted octanol–water partition coefficient (Wildman–Crippen LogP) is 5.18. The Labute approximate surface area is 209 Å². The van der Waals surface area contributed by atoms with Crippen LogP contribution in [0.3, 0.4) is 0 Å². The molecule has 1 N–H and O–H groups in total. The van der Waals surface area contributed by atoms with Crippen molar-refractivity contribution in [1.82, 2.24) is 0 Å². The lowest BCUT2D eigenvalue weighted by Gasteiger charge is -2.12. The van der Waals surface area contributed by atoms with Gasteiger partial charge < -0.3 is 19.5 Å². The SMILES string of the molecule is COC(=O)c1c(NC(=O)COc2ccc(-c3ccccc3)cc2Br)sc2c1C(C(=O)OC)CC2. The van der Waals surface area contributed by atoms with E-state index >= 15 is 0 Å². The number of hydrogen-bond donors (Lipinski definition) is 1. The molecule has 1 aliphatic rings. The molecule has 9 heteroatoms. The number of halogens is 1. The fraction of sp³-hybridized carbons (Fsp3) is 0.240. The minimum atomic E-state index is -0.608. The van der Waals surface area contributed by atoms with Crippen molar-refractivity contribution in [3.05, 3.63) is 69.0 Å². The molecule has 7 nitrogen and oxygen atoms in total. The molecule has 2 aromatic carbocycles. The summed E-state index contributed by atoms with van der Waals surface area (Å²) in [4.78, 5) is 38.2. The quantitative estimate of drug-likeness (QED) is 0.412. The molecule has 0 saturated heterocycles. The van der Waals surface area contributed by atoms with Gasteiger partial charge in [-0.25, -0.2) is 4.79 Å². The summed E-state index contributed by atoms with van der Waals surface area (Å²) in [5, 5.41) is 3.09. The number of carbonyl (C=O) groups is 3. The Morgan fingerprint density at radius 1 is 1.06 bits per heavy atom. The maximum absolute atomic E-state index is 12.7. The van der Waals surface area contributed by atoms with Crippen molar-refractivity contribution in [1.29, 1.82) is 0 Å². The molecule has 1 heterocycles. The van der Waals surface area contributed by atoms with Crippen molar-refractivity contribution in [2.45, 2.75) is 18.8 Å². The number of anilines is 1. The number of fused-ring (bicyclic) bond motifs is 1. The van der Waals surface area contributed by atoms with E-state index in [0.29, 0.717) is 33.6 Å². The zero-order valence-corrected chi connectivity index (χ0v) is 21.0. The van der Waals surface area contributed by atoms with Gasteiger partial charge in [-0.15, -0.1) is 11.3 Å². The van der Waals surface area contributed by atoms with Crippen molar-refractivity contribution in [2.24, 2.45) is 0 Å².